The molecule has 2 aromatic heterocycles. The van der Waals surface area contributed by atoms with Gasteiger partial charge in [0.2, 0.25) is 0 Å². The molecular formula is C9H11N4OSi3. The van der Waals surface area contributed by atoms with Crippen LogP contribution in [-0.2, 0) is 11.5 Å². The van der Waals surface area contributed by atoms with E-state index in [1.165, 1.54) is 0 Å². The molecule has 0 unspecified atom stereocenters. The third kappa shape index (κ3) is 3.25. The molecule has 0 aliphatic rings. The molecule has 0 bridgehead atoms. The minimum Gasteiger partial charge on any atom is -0.397 e. The van der Waals surface area contributed by atoms with E-state index in [0.29, 0.717) is 19.0 Å². The van der Waals surface area contributed by atoms with Crippen molar-refractivity contribution >= 4 is 44.1 Å². The Labute approximate surface area is 107 Å². The number of nitrogens with zero attached hydrogens (tertiary/aromatic N) is 3. The molecule has 8 heteroatoms. The second-order valence-electron chi connectivity index (χ2n) is 3.58. The predicted molar refractivity (Wildman–Crippen MR) is 70.0 cm³/mol. The highest BCUT2D eigenvalue weighted by molar-refractivity contribution is 7.29. The van der Waals surface area contributed by atoms with Crippen LogP contribution >= 0.6 is 0 Å². The minimum atomic E-state index is -0.600. The van der Waals surface area contributed by atoms with Crippen LogP contribution in [0.4, 0.5) is 5.69 Å². The van der Waals surface area contributed by atoms with E-state index in [1.54, 1.807) is 17.1 Å². The Morgan fingerprint density at radius 3 is 3.00 bits per heavy atom. The van der Waals surface area contributed by atoms with Gasteiger partial charge in [0.25, 0.3) is 0 Å². The highest BCUT2D eigenvalue weighted by atomic mass is 29.5. The molecule has 2 N–H and O–H groups in total. The quantitative estimate of drug-likeness (QED) is 0.607. The van der Waals surface area contributed by atoms with E-state index in [4.69, 9.17) is 10.5 Å². The number of nitrogen functional groups attached to an aromatic ring is 1. The number of pyridine rings is 1. The van der Waals surface area contributed by atoms with Crippen molar-refractivity contribution in [2.45, 2.75) is 12.8 Å². The number of hydrogen-bond donors (Lipinski definition) is 1. The van der Waals surface area contributed by atoms with Gasteiger partial charge in [0.15, 0.2) is 0 Å². The number of anilines is 1. The molecule has 0 amide bonds. The van der Waals surface area contributed by atoms with Gasteiger partial charge in [0.1, 0.15) is 12.2 Å². The van der Waals surface area contributed by atoms with Crippen LogP contribution in [0, 0.1) is 0 Å². The molecule has 0 aliphatic carbocycles. The molecule has 0 aliphatic heterocycles. The van der Waals surface area contributed by atoms with Gasteiger partial charge in [-0.25, -0.2) is 4.68 Å². The van der Waals surface area contributed by atoms with Gasteiger partial charge in [-0.05, 0) is 12.1 Å². The van der Waals surface area contributed by atoms with E-state index in [2.05, 4.69) is 29.6 Å². The number of rotatable bonds is 5. The van der Waals surface area contributed by atoms with Gasteiger partial charge < -0.3 is 10.5 Å². The first-order valence-electron chi connectivity index (χ1n) is 5.10. The number of aromatic nitrogens is 3. The molecule has 17 heavy (non-hydrogen) atoms. The van der Waals surface area contributed by atoms with Crippen LogP contribution in [0.2, 0.25) is 6.04 Å². The van der Waals surface area contributed by atoms with E-state index < -0.39 is 7.83 Å². The fourth-order valence-electron chi connectivity index (χ4n) is 1.40. The van der Waals surface area contributed by atoms with Crippen LogP contribution < -0.4 is 5.73 Å². The summed E-state index contributed by atoms with van der Waals surface area (Å²) < 4.78 is 7.29. The van der Waals surface area contributed by atoms with Crippen molar-refractivity contribution < 1.29 is 4.74 Å². The third-order valence-electron chi connectivity index (χ3n) is 2.23. The van der Waals surface area contributed by atoms with Crippen LogP contribution in [0.1, 0.15) is 0 Å². The number of hydrogen-bond acceptors (Lipinski definition) is 4. The lowest BCUT2D eigenvalue weighted by Gasteiger charge is -2.06. The van der Waals surface area contributed by atoms with Crippen LogP contribution in [-0.4, -0.2) is 48.7 Å². The molecule has 0 fully saturated rings. The van der Waals surface area contributed by atoms with Crippen LogP contribution in [0.15, 0.2) is 18.5 Å². The molecule has 7 radical (unpaired) electrons. The molecule has 2 heterocycles. The van der Waals surface area contributed by atoms with E-state index in [9.17, 15) is 0 Å². The molecule has 2 rings (SSSR count). The van der Waals surface area contributed by atoms with Crippen molar-refractivity contribution in [3.63, 3.8) is 0 Å². The SMILES string of the molecule is Nc1cnc2cnn(COCC[Si]([Si])[Si])c2c1. The number of ether oxygens (including phenoxy) is 1. The van der Waals surface area contributed by atoms with Crippen LogP contribution in [0.3, 0.4) is 0 Å². The Bertz CT molecular complexity index is 502. The second kappa shape index (κ2) is 5.58. The Hall–Kier alpha value is -0.969. The average molecular weight is 275 g/mol. The molecule has 2 aromatic rings. The van der Waals surface area contributed by atoms with Crippen LogP contribution in [0.5, 0.6) is 0 Å². The maximum absolute atomic E-state index is 5.69. The highest BCUT2D eigenvalue weighted by Gasteiger charge is 2.04. The van der Waals surface area contributed by atoms with Gasteiger partial charge >= 0.3 is 0 Å². The van der Waals surface area contributed by atoms with Gasteiger partial charge in [0.05, 0.1) is 23.6 Å². The maximum Gasteiger partial charge on any atom is 0.140 e. The monoisotopic (exact) mass is 275 g/mol. The molecule has 0 saturated carbocycles. The zero-order valence-corrected chi connectivity index (χ0v) is 12.2. The van der Waals surface area contributed by atoms with Gasteiger partial charge in [-0.15, -0.1) is 0 Å². The standard InChI is InChI=1S/C9H11N4OSi3/c10-7-3-9-8(11-4-7)5-12-13(9)6-14-1-2-17(15)16/h3-5H,1-2,6,10H2. The molecule has 5 nitrogen and oxygen atoms in total. The fourth-order valence-corrected chi connectivity index (χ4v) is 2.36. The summed E-state index contributed by atoms with van der Waals surface area (Å²) in [4.78, 5) is 4.18. The van der Waals surface area contributed by atoms with Crippen molar-refractivity contribution in [1.29, 1.82) is 0 Å². The lowest BCUT2D eigenvalue weighted by molar-refractivity contribution is 0.0823. The number of nitrogens with two attached hydrogens (primary N) is 1. The zero-order valence-electron chi connectivity index (χ0n) is 9.18. The number of fused-ring (bicyclic) bond motifs is 1. The lowest BCUT2D eigenvalue weighted by atomic mass is 10.3. The zero-order chi connectivity index (χ0) is 12.3. The largest absolute Gasteiger partial charge is 0.397 e. The van der Waals surface area contributed by atoms with Crippen molar-refractivity contribution in [2.24, 2.45) is 0 Å². The summed E-state index contributed by atoms with van der Waals surface area (Å²) in [6, 6.07) is 2.83. The molecular weight excluding hydrogens is 264 g/mol. The van der Waals surface area contributed by atoms with Gasteiger partial charge in [-0.2, -0.15) is 5.10 Å². The summed E-state index contributed by atoms with van der Waals surface area (Å²) in [6.45, 7) is 1.11. The summed E-state index contributed by atoms with van der Waals surface area (Å²) >= 11 is 0. The summed E-state index contributed by atoms with van der Waals surface area (Å²) in [5.74, 6) is 0. The predicted octanol–water partition coefficient (Wildman–Crippen LogP) is -0.187. The van der Waals surface area contributed by atoms with Crippen molar-refractivity contribution in [1.82, 2.24) is 14.8 Å². The van der Waals surface area contributed by atoms with Crippen LogP contribution in [0.25, 0.3) is 11.0 Å². The fraction of sp³-hybridized carbons (Fsp3) is 0.333. The first-order valence-corrected chi connectivity index (χ1v) is 9.81. The van der Waals surface area contributed by atoms with E-state index in [-0.39, 0.29) is 0 Å². The summed E-state index contributed by atoms with van der Waals surface area (Å²) in [6.07, 6.45) is 3.33. The third-order valence-corrected chi connectivity index (χ3v) is 4.43. The Morgan fingerprint density at radius 1 is 1.41 bits per heavy atom. The Kier molecular flexibility index (Phi) is 4.10. The topological polar surface area (TPSA) is 66.0 Å². The molecule has 0 aromatic carbocycles. The first-order chi connectivity index (χ1) is 8.16. The van der Waals surface area contributed by atoms with Gasteiger partial charge in [0, 0.05) is 34.0 Å². The van der Waals surface area contributed by atoms with Crippen molar-refractivity contribution in [3.05, 3.63) is 18.5 Å². The van der Waals surface area contributed by atoms with Gasteiger partial charge in [-0.3, -0.25) is 4.98 Å². The second-order valence-corrected chi connectivity index (χ2v) is 10.2. The van der Waals surface area contributed by atoms with Crippen molar-refractivity contribution in [3.8, 4) is 0 Å². The van der Waals surface area contributed by atoms with E-state index in [1.807, 2.05) is 6.07 Å². The van der Waals surface area contributed by atoms with Crippen molar-refractivity contribution in [2.75, 3.05) is 12.3 Å². The summed E-state index contributed by atoms with van der Waals surface area (Å²) in [5.41, 5.74) is 8.05. The average Bonchev–Trinajstić information content (AvgIpc) is 2.67. The molecule has 0 atom stereocenters. The lowest BCUT2D eigenvalue weighted by Crippen LogP contribution is -2.16. The first kappa shape index (κ1) is 12.5. The Morgan fingerprint density at radius 2 is 2.24 bits per heavy atom. The normalized spacial score (nSPS) is 11.5. The maximum atomic E-state index is 5.69. The summed E-state index contributed by atoms with van der Waals surface area (Å²) in [7, 11) is 6.47. The van der Waals surface area contributed by atoms with E-state index >= 15 is 0 Å². The smallest absolute Gasteiger partial charge is 0.140 e. The highest BCUT2D eigenvalue weighted by Crippen LogP contribution is 2.13. The Balaban J connectivity index is 2.01. The molecule has 0 spiro atoms. The van der Waals surface area contributed by atoms with Gasteiger partial charge in [-0.1, -0.05) is 0 Å². The molecule has 85 valence electrons. The minimum absolute atomic E-state index is 0.419. The summed E-state index contributed by atoms with van der Waals surface area (Å²) in [5, 5.41) is 4.21. The molecule has 0 saturated heterocycles. The van der Waals surface area contributed by atoms with E-state index in [0.717, 1.165) is 17.1 Å².